The first kappa shape index (κ1) is 18.1. The zero-order chi connectivity index (χ0) is 11.8. The van der Waals surface area contributed by atoms with Gasteiger partial charge in [-0.3, -0.25) is 4.79 Å². The number of carbonyl (C=O) groups is 2. The van der Waals surface area contributed by atoms with Crippen LogP contribution in [0.2, 0.25) is 0 Å². The molecule has 0 aliphatic rings. The molecule has 1 amide bonds. The SMILES string of the molecule is CCCCC(NC(=O)C[S+](C)C)C(=O)O.[Br-]. The number of amides is 1. The van der Waals surface area contributed by atoms with Crippen LogP contribution in [0.5, 0.6) is 0 Å². The zero-order valence-electron chi connectivity index (χ0n) is 9.96. The lowest BCUT2D eigenvalue weighted by molar-refractivity contribution is -0.141. The maximum Gasteiger partial charge on any atom is 0.326 e. The van der Waals surface area contributed by atoms with Gasteiger partial charge < -0.3 is 27.4 Å². The van der Waals surface area contributed by atoms with E-state index in [2.05, 4.69) is 5.32 Å². The van der Waals surface area contributed by atoms with Crippen LogP contribution in [0.3, 0.4) is 0 Å². The summed E-state index contributed by atoms with van der Waals surface area (Å²) in [6.07, 6.45) is 6.19. The Morgan fingerprint density at radius 2 is 1.94 bits per heavy atom. The van der Waals surface area contributed by atoms with Crippen molar-refractivity contribution in [2.75, 3.05) is 18.3 Å². The summed E-state index contributed by atoms with van der Waals surface area (Å²) >= 11 is 0. The predicted octanol–water partition coefficient (Wildman–Crippen LogP) is -2.37. The molecular weight excluding hydrogens is 294 g/mol. The van der Waals surface area contributed by atoms with Crippen LogP contribution >= 0.6 is 0 Å². The van der Waals surface area contributed by atoms with E-state index in [9.17, 15) is 9.59 Å². The monoisotopic (exact) mass is 313 g/mol. The number of aliphatic carboxylic acids is 1. The summed E-state index contributed by atoms with van der Waals surface area (Å²) in [5.41, 5.74) is 0. The third-order valence-electron chi connectivity index (χ3n) is 1.90. The predicted molar refractivity (Wildman–Crippen MR) is 63.2 cm³/mol. The van der Waals surface area contributed by atoms with Crippen LogP contribution in [0.25, 0.3) is 0 Å². The highest BCUT2D eigenvalue weighted by Crippen LogP contribution is 2.01. The second kappa shape index (κ2) is 9.96. The van der Waals surface area contributed by atoms with E-state index in [4.69, 9.17) is 5.11 Å². The van der Waals surface area contributed by atoms with Gasteiger partial charge in [-0.15, -0.1) is 0 Å². The number of unbranched alkanes of at least 4 members (excludes halogenated alkanes) is 1. The normalized spacial score (nSPS) is 11.8. The topological polar surface area (TPSA) is 66.4 Å². The molecular formula is C10H20BrNO3S. The van der Waals surface area contributed by atoms with Gasteiger partial charge in [-0.2, -0.15) is 0 Å². The molecule has 0 radical (unpaired) electrons. The number of nitrogens with one attached hydrogen (secondary N) is 1. The minimum Gasteiger partial charge on any atom is -1.00 e. The maximum atomic E-state index is 11.4. The fraction of sp³-hybridized carbons (Fsp3) is 0.800. The van der Waals surface area contributed by atoms with Crippen molar-refractivity contribution < 1.29 is 31.7 Å². The largest absolute Gasteiger partial charge is 1.00 e. The van der Waals surface area contributed by atoms with Gasteiger partial charge >= 0.3 is 5.97 Å². The van der Waals surface area contributed by atoms with Crippen molar-refractivity contribution in [1.29, 1.82) is 0 Å². The van der Waals surface area contributed by atoms with Crippen LogP contribution in [0.1, 0.15) is 26.2 Å². The van der Waals surface area contributed by atoms with E-state index in [-0.39, 0.29) is 33.8 Å². The van der Waals surface area contributed by atoms with E-state index in [0.717, 1.165) is 12.8 Å². The Labute approximate surface area is 110 Å². The molecule has 0 aliphatic carbocycles. The van der Waals surface area contributed by atoms with E-state index >= 15 is 0 Å². The fourth-order valence-corrected chi connectivity index (χ4v) is 1.77. The molecule has 0 rings (SSSR count). The molecule has 0 saturated carbocycles. The van der Waals surface area contributed by atoms with Crippen LogP contribution in [0.15, 0.2) is 0 Å². The minimum atomic E-state index is -0.941. The summed E-state index contributed by atoms with van der Waals surface area (Å²) in [5, 5.41) is 11.4. The zero-order valence-corrected chi connectivity index (χ0v) is 12.4. The number of carbonyl (C=O) groups excluding carboxylic acids is 1. The molecule has 0 aliphatic heterocycles. The molecule has 0 bridgehead atoms. The van der Waals surface area contributed by atoms with Crippen molar-refractivity contribution in [2.24, 2.45) is 0 Å². The van der Waals surface area contributed by atoms with Crippen LogP contribution in [-0.4, -0.2) is 41.3 Å². The lowest BCUT2D eigenvalue weighted by Crippen LogP contribution is -3.00. The van der Waals surface area contributed by atoms with Crippen LogP contribution in [0, 0.1) is 0 Å². The van der Waals surface area contributed by atoms with Crippen molar-refractivity contribution in [3.05, 3.63) is 0 Å². The Morgan fingerprint density at radius 1 is 1.38 bits per heavy atom. The minimum absolute atomic E-state index is 0. The summed E-state index contributed by atoms with van der Waals surface area (Å²) < 4.78 is 0. The molecule has 0 aromatic heterocycles. The van der Waals surface area contributed by atoms with Gasteiger partial charge in [0, 0.05) is 0 Å². The van der Waals surface area contributed by atoms with E-state index in [0.29, 0.717) is 12.2 Å². The molecule has 0 saturated heterocycles. The summed E-state index contributed by atoms with van der Waals surface area (Å²) in [6, 6.07) is -0.721. The Balaban J connectivity index is 0. The van der Waals surface area contributed by atoms with E-state index < -0.39 is 12.0 Å². The van der Waals surface area contributed by atoms with E-state index in [1.807, 2.05) is 19.4 Å². The summed E-state index contributed by atoms with van der Waals surface area (Å²) in [6.45, 7) is 2.00. The molecule has 96 valence electrons. The Kier molecular flexibility index (Phi) is 11.3. The highest BCUT2D eigenvalue weighted by atomic mass is 79.9. The van der Waals surface area contributed by atoms with Gasteiger partial charge in [0.2, 0.25) is 0 Å². The smallest absolute Gasteiger partial charge is 0.326 e. The average molecular weight is 314 g/mol. The lowest BCUT2D eigenvalue weighted by Gasteiger charge is -2.12. The first-order chi connectivity index (χ1) is 6.97. The molecule has 0 aromatic rings. The molecule has 4 nitrogen and oxygen atoms in total. The molecule has 16 heavy (non-hydrogen) atoms. The van der Waals surface area contributed by atoms with Gasteiger partial charge in [0.05, 0.1) is 12.5 Å². The van der Waals surface area contributed by atoms with Crippen molar-refractivity contribution in [2.45, 2.75) is 32.2 Å². The molecule has 1 unspecified atom stereocenters. The van der Waals surface area contributed by atoms with Crippen LogP contribution in [0.4, 0.5) is 0 Å². The van der Waals surface area contributed by atoms with Crippen molar-refractivity contribution >= 4 is 22.8 Å². The lowest BCUT2D eigenvalue weighted by atomic mass is 10.1. The fourth-order valence-electron chi connectivity index (χ4n) is 1.16. The molecule has 0 spiro atoms. The molecule has 2 N–H and O–H groups in total. The number of rotatable bonds is 7. The summed E-state index contributed by atoms with van der Waals surface area (Å²) in [5.74, 6) is -0.689. The van der Waals surface area contributed by atoms with Gasteiger partial charge in [-0.25, -0.2) is 4.79 Å². The van der Waals surface area contributed by atoms with Gasteiger partial charge in [-0.1, -0.05) is 19.8 Å². The molecule has 1 atom stereocenters. The first-order valence-corrected chi connectivity index (χ1v) is 7.24. The van der Waals surface area contributed by atoms with Gasteiger partial charge in [0.1, 0.15) is 6.04 Å². The maximum absolute atomic E-state index is 11.4. The van der Waals surface area contributed by atoms with Gasteiger partial charge in [0.15, 0.2) is 5.75 Å². The van der Waals surface area contributed by atoms with Gasteiger partial charge in [-0.05, 0) is 17.3 Å². The molecule has 6 heteroatoms. The highest BCUT2D eigenvalue weighted by Gasteiger charge is 2.21. The third kappa shape index (κ3) is 9.03. The first-order valence-electron chi connectivity index (χ1n) is 5.03. The van der Waals surface area contributed by atoms with Crippen molar-refractivity contribution in [3.63, 3.8) is 0 Å². The van der Waals surface area contributed by atoms with Crippen LogP contribution < -0.4 is 22.3 Å². The Bertz CT molecular complexity index is 224. The number of halogens is 1. The quantitative estimate of drug-likeness (QED) is 0.516. The Hall–Kier alpha value is -0.230. The number of hydrogen-bond acceptors (Lipinski definition) is 2. The third-order valence-corrected chi connectivity index (χ3v) is 2.74. The number of hydrogen-bond donors (Lipinski definition) is 2. The van der Waals surface area contributed by atoms with Gasteiger partial charge in [0.25, 0.3) is 5.91 Å². The molecule has 0 heterocycles. The van der Waals surface area contributed by atoms with Crippen LogP contribution in [-0.2, 0) is 20.5 Å². The number of carboxylic acid groups (broad SMARTS) is 1. The van der Waals surface area contributed by atoms with E-state index in [1.54, 1.807) is 0 Å². The number of carboxylic acids is 1. The molecule has 0 aromatic carbocycles. The highest BCUT2D eigenvalue weighted by molar-refractivity contribution is 7.96. The average Bonchev–Trinajstić information content (AvgIpc) is 2.10. The molecule has 0 fully saturated rings. The second-order valence-corrected chi connectivity index (χ2v) is 5.99. The second-order valence-electron chi connectivity index (χ2n) is 3.73. The summed E-state index contributed by atoms with van der Waals surface area (Å²) in [7, 11) is 0.0140. The Morgan fingerprint density at radius 3 is 2.31 bits per heavy atom. The standard InChI is InChI=1S/C10H19NO3S.BrH/c1-4-5-6-8(10(13)14)11-9(12)7-15(2)3;/h8H,4-7H2,1-3H3,(H-,11,12,13,14);1H. The van der Waals surface area contributed by atoms with Crippen molar-refractivity contribution in [3.8, 4) is 0 Å². The van der Waals surface area contributed by atoms with E-state index in [1.165, 1.54) is 0 Å². The summed E-state index contributed by atoms with van der Waals surface area (Å²) in [4.78, 5) is 22.2. The van der Waals surface area contributed by atoms with Crippen molar-refractivity contribution in [1.82, 2.24) is 5.32 Å².